The van der Waals surface area contributed by atoms with Gasteiger partial charge in [0, 0.05) is 5.75 Å². The van der Waals surface area contributed by atoms with Gasteiger partial charge in [-0.1, -0.05) is 0 Å². The van der Waals surface area contributed by atoms with Gasteiger partial charge in [0.25, 0.3) is 0 Å². The summed E-state index contributed by atoms with van der Waals surface area (Å²) < 4.78 is 65.3. The van der Waals surface area contributed by atoms with E-state index < -0.39 is 65.2 Å². The molecule has 0 aromatic carbocycles. The second kappa shape index (κ2) is 9.03. The highest BCUT2D eigenvalue weighted by atomic mass is 32.2. The first-order valence-corrected chi connectivity index (χ1v) is 12.9. The number of phosphoric acid groups is 3. The maximum atomic E-state index is 13.8. The lowest BCUT2D eigenvalue weighted by Crippen LogP contribution is -2.48. The Kier molecular flexibility index (Phi) is 7.69. The molecule has 4 atom stereocenters. The van der Waals surface area contributed by atoms with Gasteiger partial charge < -0.3 is 35.2 Å². The summed E-state index contributed by atoms with van der Waals surface area (Å²) in [5.41, 5.74) is 0.988. The molecule has 1 aromatic heterocycles. The summed E-state index contributed by atoms with van der Waals surface area (Å²) >= 11 is 0.897. The molecule has 172 valence electrons. The van der Waals surface area contributed by atoms with Gasteiger partial charge in [-0.05, 0) is 0 Å². The van der Waals surface area contributed by atoms with Crippen LogP contribution in [0.3, 0.4) is 0 Å². The number of ether oxygens (including phenoxy) is 1. The van der Waals surface area contributed by atoms with Crippen molar-refractivity contribution in [3.05, 3.63) is 22.5 Å². The number of rotatable bonds is 9. The SMILES string of the molecule is Nc1nc(=O)n([C@]2(COP(=O)(O)OP(=O)(O)OP(=O)(O)O)CS[C@H](CO)O2)cc1F. The van der Waals surface area contributed by atoms with E-state index in [4.69, 9.17) is 25.2 Å². The van der Waals surface area contributed by atoms with Gasteiger partial charge in [0.2, 0.25) is 0 Å². The van der Waals surface area contributed by atoms with Crippen molar-refractivity contribution in [2.75, 3.05) is 24.7 Å². The average molecular weight is 517 g/mol. The van der Waals surface area contributed by atoms with Crippen LogP contribution in [-0.4, -0.2) is 58.6 Å². The topological polar surface area (TPSA) is 250 Å². The zero-order valence-electron chi connectivity index (χ0n) is 14.4. The third-order valence-electron chi connectivity index (χ3n) is 3.21. The molecule has 0 saturated carbocycles. The van der Waals surface area contributed by atoms with Crippen LogP contribution in [0.2, 0.25) is 0 Å². The minimum atomic E-state index is -5.78. The molecule has 0 bridgehead atoms. The highest BCUT2D eigenvalue weighted by Gasteiger charge is 2.48. The van der Waals surface area contributed by atoms with E-state index in [1.165, 1.54) is 0 Å². The number of hydrogen-bond donors (Lipinski definition) is 6. The van der Waals surface area contributed by atoms with E-state index >= 15 is 0 Å². The third kappa shape index (κ3) is 6.64. The molecular formula is C9H15FN3O13P3S. The number of thioether (sulfide) groups is 1. The van der Waals surface area contributed by atoms with Crippen LogP contribution in [0.15, 0.2) is 11.0 Å². The van der Waals surface area contributed by atoms with E-state index in [1.807, 2.05) is 0 Å². The molecule has 1 saturated heterocycles. The van der Waals surface area contributed by atoms with Gasteiger partial charge in [0.15, 0.2) is 17.4 Å². The summed E-state index contributed by atoms with van der Waals surface area (Å²) in [6.45, 7) is -1.69. The molecule has 1 aliphatic heterocycles. The number of aliphatic hydroxyl groups is 1. The molecule has 2 unspecified atom stereocenters. The fourth-order valence-corrected chi connectivity index (χ4v) is 6.27. The highest BCUT2D eigenvalue weighted by molar-refractivity contribution is 8.00. The lowest BCUT2D eigenvalue weighted by molar-refractivity contribution is -0.127. The Hall–Kier alpha value is -0.710. The van der Waals surface area contributed by atoms with Crippen molar-refractivity contribution in [1.82, 2.24) is 9.55 Å². The van der Waals surface area contributed by atoms with Crippen LogP contribution in [0.25, 0.3) is 0 Å². The Labute approximate surface area is 170 Å². The molecule has 2 rings (SSSR count). The van der Waals surface area contributed by atoms with E-state index in [1.54, 1.807) is 0 Å². The first-order chi connectivity index (χ1) is 13.6. The van der Waals surface area contributed by atoms with Gasteiger partial charge >= 0.3 is 29.2 Å². The summed E-state index contributed by atoms with van der Waals surface area (Å²) in [4.78, 5) is 51.1. The number of nitrogen functional groups attached to an aromatic ring is 1. The Morgan fingerprint density at radius 1 is 1.30 bits per heavy atom. The predicted octanol–water partition coefficient (Wildman–Crippen LogP) is -0.958. The van der Waals surface area contributed by atoms with Gasteiger partial charge in [0.05, 0.1) is 12.8 Å². The van der Waals surface area contributed by atoms with Crippen LogP contribution in [0.1, 0.15) is 0 Å². The Morgan fingerprint density at radius 2 is 1.93 bits per heavy atom. The Bertz CT molecular complexity index is 1000. The van der Waals surface area contributed by atoms with Crippen molar-refractivity contribution in [1.29, 1.82) is 0 Å². The summed E-state index contributed by atoms with van der Waals surface area (Å²) in [5.74, 6) is -2.17. The smallest absolute Gasteiger partial charge is 0.393 e. The number of halogens is 1. The molecule has 1 aliphatic rings. The fraction of sp³-hybridized carbons (Fsp3) is 0.556. The zero-order valence-corrected chi connectivity index (χ0v) is 17.9. The number of anilines is 1. The number of aromatic nitrogens is 2. The van der Waals surface area contributed by atoms with Gasteiger partial charge in [0.1, 0.15) is 12.0 Å². The van der Waals surface area contributed by atoms with Gasteiger partial charge in [-0.3, -0.25) is 9.09 Å². The maximum Gasteiger partial charge on any atom is 0.490 e. The molecule has 0 aliphatic carbocycles. The van der Waals surface area contributed by atoms with Crippen LogP contribution in [0, 0.1) is 5.82 Å². The molecule has 21 heteroatoms. The fourth-order valence-electron chi connectivity index (χ4n) is 2.12. The maximum absolute atomic E-state index is 13.8. The van der Waals surface area contributed by atoms with Crippen LogP contribution in [-0.2, 0) is 37.3 Å². The lowest BCUT2D eigenvalue weighted by atomic mass is 10.2. The monoisotopic (exact) mass is 517 g/mol. The summed E-state index contributed by atoms with van der Waals surface area (Å²) in [7, 11) is -16.9. The van der Waals surface area contributed by atoms with E-state index in [-0.39, 0.29) is 5.75 Å². The van der Waals surface area contributed by atoms with Crippen molar-refractivity contribution in [2.24, 2.45) is 0 Å². The predicted molar refractivity (Wildman–Crippen MR) is 95.1 cm³/mol. The molecular weight excluding hydrogens is 502 g/mol. The quantitative estimate of drug-likeness (QED) is 0.216. The van der Waals surface area contributed by atoms with E-state index in [0.29, 0.717) is 10.8 Å². The third-order valence-corrected chi connectivity index (χ3v) is 8.23. The molecule has 7 N–H and O–H groups in total. The second-order valence-electron chi connectivity index (χ2n) is 5.48. The van der Waals surface area contributed by atoms with E-state index in [0.717, 1.165) is 11.8 Å². The van der Waals surface area contributed by atoms with Crippen LogP contribution >= 0.6 is 35.2 Å². The van der Waals surface area contributed by atoms with Crippen molar-refractivity contribution < 1.29 is 60.6 Å². The van der Waals surface area contributed by atoms with Crippen LogP contribution in [0.5, 0.6) is 0 Å². The summed E-state index contributed by atoms with van der Waals surface area (Å²) in [5, 5.41) is 9.23. The van der Waals surface area contributed by atoms with Crippen molar-refractivity contribution in [3.8, 4) is 0 Å². The second-order valence-corrected chi connectivity index (χ2v) is 11.0. The molecule has 16 nitrogen and oxygen atoms in total. The molecule has 2 heterocycles. The molecule has 30 heavy (non-hydrogen) atoms. The Balaban J connectivity index is 2.30. The zero-order chi connectivity index (χ0) is 23.0. The number of aliphatic hydroxyl groups excluding tert-OH is 1. The van der Waals surface area contributed by atoms with Gasteiger partial charge in [-0.2, -0.15) is 13.6 Å². The van der Waals surface area contributed by atoms with Crippen molar-refractivity contribution in [2.45, 2.75) is 11.2 Å². The molecule has 1 fully saturated rings. The van der Waals surface area contributed by atoms with E-state index in [9.17, 15) is 32.9 Å². The number of nitrogens with zero attached hydrogens (tertiary/aromatic N) is 2. The van der Waals surface area contributed by atoms with Crippen LogP contribution in [0.4, 0.5) is 10.2 Å². The van der Waals surface area contributed by atoms with Crippen LogP contribution < -0.4 is 11.4 Å². The van der Waals surface area contributed by atoms with Crippen molar-refractivity contribution in [3.63, 3.8) is 0 Å². The first kappa shape index (κ1) is 25.5. The normalized spacial score (nSPS) is 26.3. The average Bonchev–Trinajstić information content (AvgIpc) is 2.98. The van der Waals surface area contributed by atoms with Gasteiger partial charge in [-0.25, -0.2) is 22.9 Å². The minimum Gasteiger partial charge on any atom is -0.393 e. The van der Waals surface area contributed by atoms with E-state index in [2.05, 4.69) is 18.1 Å². The highest BCUT2D eigenvalue weighted by Crippen LogP contribution is 2.66. The molecule has 0 radical (unpaired) electrons. The summed E-state index contributed by atoms with van der Waals surface area (Å²) in [6.07, 6.45) is 0.561. The standard InChI is InChI=1S/C9H15FN3O13P3S/c10-5-1-13(8(15)12-7(5)11)9(4-30-6(2-14)24-9)3-23-28(19,20)26-29(21,22)25-27(16,17)18/h1,6,14H,2-4H2,(H,19,20)(H,21,22)(H2,11,12,15)(H2,16,17,18)/t6-,9+/m1/s1. The largest absolute Gasteiger partial charge is 0.490 e. The lowest BCUT2D eigenvalue weighted by Gasteiger charge is -2.30. The number of nitrogens with two attached hydrogens (primary N) is 1. The number of phosphoric ester groups is 1. The summed E-state index contributed by atoms with van der Waals surface area (Å²) in [6, 6.07) is 0. The minimum absolute atomic E-state index is 0.265. The Morgan fingerprint density at radius 3 is 2.47 bits per heavy atom. The first-order valence-electron chi connectivity index (χ1n) is 7.32. The molecule has 1 aromatic rings. The van der Waals surface area contributed by atoms with Gasteiger partial charge in [-0.15, -0.1) is 11.8 Å². The molecule has 0 spiro atoms. The number of hydrogen-bond acceptors (Lipinski definition) is 12. The van der Waals surface area contributed by atoms with Crippen molar-refractivity contribution >= 4 is 41.0 Å². The molecule has 0 amide bonds.